The molecule has 0 N–H and O–H groups in total. The molecule has 0 spiro atoms. The first-order valence-electron chi connectivity index (χ1n) is 6.18. The molecule has 1 aromatic carbocycles. The van der Waals surface area contributed by atoms with Gasteiger partial charge in [-0.1, -0.05) is 17.3 Å². The second kappa shape index (κ2) is 5.49. The molecule has 0 aliphatic heterocycles. The maximum absolute atomic E-state index is 5.43. The molecule has 0 amide bonds. The second-order valence-electron chi connectivity index (χ2n) is 4.46. The molecular formula is C14H14BrNOS. The van der Waals surface area contributed by atoms with Crippen molar-refractivity contribution in [2.24, 2.45) is 0 Å². The molecule has 0 unspecified atom stereocenters. The van der Waals surface area contributed by atoms with Gasteiger partial charge in [0.2, 0.25) is 0 Å². The molecule has 0 bridgehead atoms. The Bertz CT molecular complexity index is 552. The molecule has 1 aliphatic carbocycles. The van der Waals surface area contributed by atoms with Crippen molar-refractivity contribution in [3.8, 4) is 0 Å². The van der Waals surface area contributed by atoms with Crippen LogP contribution in [0.15, 0.2) is 38.2 Å². The lowest BCUT2D eigenvalue weighted by Gasteiger charge is -2.09. The van der Waals surface area contributed by atoms with E-state index in [9.17, 15) is 0 Å². The van der Waals surface area contributed by atoms with Gasteiger partial charge in [-0.15, -0.1) is 11.8 Å². The number of hydrogen-bond donors (Lipinski definition) is 0. The van der Waals surface area contributed by atoms with E-state index < -0.39 is 0 Å². The average Bonchev–Trinajstić information content (AvgIpc) is 2.81. The largest absolute Gasteiger partial charge is 0.361 e. The fourth-order valence-electron chi connectivity index (χ4n) is 2.27. The molecule has 1 heterocycles. The summed E-state index contributed by atoms with van der Waals surface area (Å²) < 4.78 is 6.58. The van der Waals surface area contributed by atoms with Crippen LogP contribution in [0, 0.1) is 0 Å². The first kappa shape index (κ1) is 12.3. The SMILES string of the molecule is Brc1ccccc1SCc1noc2c1CCCC2. The van der Waals surface area contributed by atoms with Crippen molar-refractivity contribution in [1.29, 1.82) is 0 Å². The number of halogens is 1. The van der Waals surface area contributed by atoms with Crippen molar-refractivity contribution in [1.82, 2.24) is 5.16 Å². The third kappa shape index (κ3) is 2.50. The van der Waals surface area contributed by atoms with Crippen molar-refractivity contribution in [3.05, 3.63) is 45.8 Å². The quantitative estimate of drug-likeness (QED) is 0.771. The van der Waals surface area contributed by atoms with Crippen LogP contribution in [0.2, 0.25) is 0 Å². The Morgan fingerprint density at radius 3 is 2.94 bits per heavy atom. The Kier molecular flexibility index (Phi) is 3.75. The highest BCUT2D eigenvalue weighted by Crippen LogP contribution is 2.32. The van der Waals surface area contributed by atoms with E-state index in [-0.39, 0.29) is 0 Å². The van der Waals surface area contributed by atoms with Crippen LogP contribution < -0.4 is 0 Å². The Morgan fingerprint density at radius 2 is 2.06 bits per heavy atom. The first-order valence-corrected chi connectivity index (χ1v) is 7.96. The molecule has 0 saturated heterocycles. The first-order chi connectivity index (χ1) is 8.84. The summed E-state index contributed by atoms with van der Waals surface area (Å²) >= 11 is 5.38. The third-order valence-electron chi connectivity index (χ3n) is 3.23. The number of hydrogen-bond acceptors (Lipinski definition) is 3. The van der Waals surface area contributed by atoms with Crippen molar-refractivity contribution >= 4 is 27.7 Å². The number of benzene rings is 1. The van der Waals surface area contributed by atoms with Crippen molar-refractivity contribution in [2.45, 2.75) is 36.3 Å². The summed E-state index contributed by atoms with van der Waals surface area (Å²) in [5, 5.41) is 4.23. The Hall–Kier alpha value is -0.740. The van der Waals surface area contributed by atoms with E-state index in [1.165, 1.54) is 23.3 Å². The van der Waals surface area contributed by atoms with E-state index in [1.807, 2.05) is 17.8 Å². The molecule has 0 fully saturated rings. The van der Waals surface area contributed by atoms with Gasteiger partial charge >= 0.3 is 0 Å². The van der Waals surface area contributed by atoms with Gasteiger partial charge in [-0.2, -0.15) is 0 Å². The van der Waals surface area contributed by atoms with Gasteiger partial charge < -0.3 is 4.52 Å². The molecule has 0 saturated carbocycles. The Balaban J connectivity index is 1.74. The van der Waals surface area contributed by atoms with Crippen LogP contribution in [0.25, 0.3) is 0 Å². The van der Waals surface area contributed by atoms with Gasteiger partial charge in [-0.05, 0) is 47.3 Å². The summed E-state index contributed by atoms with van der Waals surface area (Å²) in [6.07, 6.45) is 4.69. The van der Waals surface area contributed by atoms with Crippen LogP contribution in [-0.2, 0) is 18.6 Å². The predicted octanol–water partition coefficient (Wildman–Crippen LogP) is 4.61. The molecule has 2 aromatic rings. The van der Waals surface area contributed by atoms with Gasteiger partial charge in [0.15, 0.2) is 0 Å². The van der Waals surface area contributed by atoms with Gasteiger partial charge in [0.05, 0.1) is 5.69 Å². The van der Waals surface area contributed by atoms with Gasteiger partial charge in [-0.3, -0.25) is 0 Å². The molecule has 18 heavy (non-hydrogen) atoms. The molecule has 0 atom stereocenters. The highest BCUT2D eigenvalue weighted by atomic mass is 79.9. The van der Waals surface area contributed by atoms with Gasteiger partial charge in [0, 0.05) is 27.1 Å². The smallest absolute Gasteiger partial charge is 0.140 e. The van der Waals surface area contributed by atoms with Crippen molar-refractivity contribution < 1.29 is 4.52 Å². The summed E-state index contributed by atoms with van der Waals surface area (Å²) in [7, 11) is 0. The van der Waals surface area contributed by atoms with Crippen molar-refractivity contribution in [2.75, 3.05) is 0 Å². The number of thioether (sulfide) groups is 1. The summed E-state index contributed by atoms with van der Waals surface area (Å²) in [6, 6.07) is 8.29. The number of aromatic nitrogens is 1. The second-order valence-corrected chi connectivity index (χ2v) is 6.33. The summed E-state index contributed by atoms with van der Waals surface area (Å²) in [4.78, 5) is 1.25. The Labute approximate surface area is 119 Å². The zero-order valence-corrected chi connectivity index (χ0v) is 12.4. The zero-order chi connectivity index (χ0) is 12.4. The molecule has 2 nitrogen and oxygen atoms in total. The molecule has 0 radical (unpaired) electrons. The predicted molar refractivity (Wildman–Crippen MR) is 76.8 cm³/mol. The molecular weight excluding hydrogens is 310 g/mol. The fourth-order valence-corrected chi connectivity index (χ4v) is 3.80. The minimum atomic E-state index is 0.890. The van der Waals surface area contributed by atoms with E-state index in [4.69, 9.17) is 4.52 Å². The third-order valence-corrected chi connectivity index (χ3v) is 5.27. The van der Waals surface area contributed by atoms with Crippen LogP contribution in [0.5, 0.6) is 0 Å². The number of rotatable bonds is 3. The van der Waals surface area contributed by atoms with E-state index in [1.54, 1.807) is 0 Å². The van der Waals surface area contributed by atoms with Crippen LogP contribution in [-0.4, -0.2) is 5.16 Å². The number of aryl methyl sites for hydroxylation is 1. The van der Waals surface area contributed by atoms with Crippen LogP contribution in [0.3, 0.4) is 0 Å². The van der Waals surface area contributed by atoms with Crippen molar-refractivity contribution in [3.63, 3.8) is 0 Å². The van der Waals surface area contributed by atoms with E-state index >= 15 is 0 Å². The maximum atomic E-state index is 5.43. The summed E-state index contributed by atoms with van der Waals surface area (Å²) in [6.45, 7) is 0. The molecule has 4 heteroatoms. The lowest BCUT2D eigenvalue weighted by atomic mass is 9.97. The number of fused-ring (bicyclic) bond motifs is 1. The average molecular weight is 324 g/mol. The molecule has 1 aliphatic rings. The monoisotopic (exact) mass is 323 g/mol. The van der Waals surface area contributed by atoms with Crippen LogP contribution in [0.1, 0.15) is 29.9 Å². The lowest BCUT2D eigenvalue weighted by Crippen LogP contribution is -2.01. The highest BCUT2D eigenvalue weighted by Gasteiger charge is 2.19. The fraction of sp³-hybridized carbons (Fsp3) is 0.357. The topological polar surface area (TPSA) is 26.0 Å². The molecule has 94 valence electrons. The van der Waals surface area contributed by atoms with Crippen LogP contribution in [0.4, 0.5) is 0 Å². The number of nitrogens with zero attached hydrogens (tertiary/aromatic N) is 1. The van der Waals surface area contributed by atoms with Gasteiger partial charge in [0.1, 0.15) is 5.76 Å². The minimum Gasteiger partial charge on any atom is -0.361 e. The summed E-state index contributed by atoms with van der Waals surface area (Å²) in [5.74, 6) is 2.01. The maximum Gasteiger partial charge on any atom is 0.140 e. The summed E-state index contributed by atoms with van der Waals surface area (Å²) in [5.41, 5.74) is 2.49. The van der Waals surface area contributed by atoms with Gasteiger partial charge in [0.25, 0.3) is 0 Å². The van der Waals surface area contributed by atoms with E-state index in [0.29, 0.717) is 0 Å². The molecule has 1 aromatic heterocycles. The highest BCUT2D eigenvalue weighted by molar-refractivity contribution is 9.10. The Morgan fingerprint density at radius 1 is 1.22 bits per heavy atom. The zero-order valence-electron chi connectivity index (χ0n) is 9.99. The van der Waals surface area contributed by atoms with Gasteiger partial charge in [-0.25, -0.2) is 0 Å². The van der Waals surface area contributed by atoms with E-state index in [2.05, 4.69) is 39.3 Å². The van der Waals surface area contributed by atoms with Crippen LogP contribution >= 0.6 is 27.7 Å². The minimum absolute atomic E-state index is 0.890. The standard InChI is InChI=1S/C14H14BrNOS/c15-11-6-2-4-8-14(11)18-9-12-10-5-1-3-7-13(10)17-16-12/h2,4,6,8H,1,3,5,7,9H2. The van der Waals surface area contributed by atoms with E-state index in [0.717, 1.165) is 34.5 Å². The lowest BCUT2D eigenvalue weighted by molar-refractivity contribution is 0.369. The normalized spacial score (nSPS) is 14.5. The molecule has 3 rings (SSSR count).